The first-order valence-electron chi connectivity index (χ1n) is 44.5. The molecule has 10 aromatic carbocycles. The fraction of sp³-hybridized carbons (Fsp3) is 0.241. The predicted octanol–water partition coefficient (Wildman–Crippen LogP) is -4.42. The van der Waals surface area contributed by atoms with E-state index in [1.165, 1.54) is 126 Å². The van der Waals surface area contributed by atoms with Crippen LogP contribution in [0.3, 0.4) is 0 Å². The van der Waals surface area contributed by atoms with Crippen molar-refractivity contribution in [2.45, 2.75) is 163 Å². The molecule has 0 spiro atoms. The molecule has 0 fully saturated rings. The van der Waals surface area contributed by atoms with Crippen LogP contribution in [0.4, 0.5) is 0 Å². The second kappa shape index (κ2) is 56.0. The van der Waals surface area contributed by atoms with Crippen LogP contribution < -0.4 is 149 Å². The summed E-state index contributed by atoms with van der Waals surface area (Å²) >= 11 is -3.57. The fourth-order valence-electron chi connectivity index (χ4n) is 20.2. The number of halogens is 12. The largest absolute Gasteiger partial charge is 1.00 e. The maximum atomic E-state index is 2.49. The van der Waals surface area contributed by atoms with Gasteiger partial charge in [0.1, 0.15) is 0 Å². The Hall–Kier alpha value is -2.66. The summed E-state index contributed by atoms with van der Waals surface area (Å²) in [6, 6.07) is 76.2. The van der Waals surface area contributed by atoms with Gasteiger partial charge >= 0.3 is 810 Å². The summed E-state index contributed by atoms with van der Waals surface area (Å²) in [5.41, 5.74) is 48.9. The quantitative estimate of drug-likeness (QED) is 0.103. The molecule has 10 atom stereocenters. The SMILES string of the molecule is C1=C[CH]([Zr+2][CH]2C=Cc3ccccc32)c2ccccc21.CC1=Cc2ccccc2[CH]1[Zr+2][CH]1C(C)=Cc2ccccc21.CC1[C]([Zr+2][C]2=Cc3ccccc3C2C)=Cc2ccccc21.CCC1=CCC(CC)=[C]1[Zr+2][C]1=C(C)CC=C1C.Cc1ccc(C)c2c1C=C[CH]2[Zr+2][CH]1C=Cc2c(C)ccc(C)c21.Cc1cccc2c1C=C[CH]2[Zr+2][CH]1C=Cc2c(C)cccc21.[Cl-].[Cl-].[Cl-].[Cl-].[Cl-].[Cl-].[Cl-].[Cl-].[Cl-].[Cl-].[Cl-].[Cl-]. The molecule has 10 aromatic rings. The third-order valence-corrected chi connectivity index (χ3v) is 54.4. The minimum atomic E-state index is -0.659. The number of hydrogen-bond acceptors (Lipinski definition) is 0. The standard InChI is InChI=1S/2C11H11.6C10H9.2C9H7.C9H13.C7H9.12ClH.6Zr/c2*1-8-6-7-9(2)11-5-3-4-10(8)11;2*1-8-4-2-5-9-6-3-7-10(8)9;2*1-8-6-9-4-2-3-5-10(9)7-8;2*1-8-6-7-9-4-2-3-5-10(8)9;2*1-2-5-9-7-3-6-8(9)4-1;1-3-8-5-6-9(4-2)7-8;1-6-3-4-7(2)5-6;;;;;;;;;;;;;;;;;;/h2*3-7H,1-2H3;4*2-7H,1H3;2*2-5,7-8H,1H3;2*1-7H;5H,3-4,6H2,1-2H3;3H,4H2,1-2H3;12*1H;;;;;;/q;;;;;;;;;;;;;;;;;;;;;;;;6*+2/p-12. The van der Waals surface area contributed by atoms with E-state index in [4.69, 9.17) is 0 Å². The van der Waals surface area contributed by atoms with Gasteiger partial charge in [0.15, 0.2) is 0 Å². The third-order valence-electron chi connectivity index (χ3n) is 27.2. The molecule has 134 heavy (non-hydrogen) atoms. The molecule has 0 heterocycles. The second-order valence-electron chi connectivity index (χ2n) is 35.1. The summed E-state index contributed by atoms with van der Waals surface area (Å²) in [6.45, 7) is 32.2. The summed E-state index contributed by atoms with van der Waals surface area (Å²) in [5.74, 6) is 1.26. The maximum absolute atomic E-state index is 2.49. The smallest absolute Gasteiger partial charge is 1.00 e. The van der Waals surface area contributed by atoms with Crippen molar-refractivity contribution in [3.63, 3.8) is 0 Å². The molecule has 0 amide bonds. The van der Waals surface area contributed by atoms with E-state index in [1.807, 2.05) is 3.28 Å². The van der Waals surface area contributed by atoms with Crippen LogP contribution in [0.25, 0.3) is 60.8 Å². The molecule has 0 saturated heterocycles. The zero-order valence-electron chi connectivity index (χ0n) is 78.2. The zero-order valence-corrected chi connectivity index (χ0v) is 102. The van der Waals surface area contributed by atoms with Crippen LogP contribution in [0.1, 0.15) is 267 Å². The molecule has 0 saturated carbocycles. The van der Waals surface area contributed by atoms with E-state index in [0.29, 0.717) is 19.1 Å². The molecular weight excluding hydrogens is 2370 g/mol. The van der Waals surface area contributed by atoms with Crippen molar-refractivity contribution in [1.82, 2.24) is 0 Å². The van der Waals surface area contributed by atoms with Crippen LogP contribution in [-0.2, 0) is 139 Å². The molecule has 0 N–H and O–H groups in total. The molecule has 18 heteroatoms. The van der Waals surface area contributed by atoms with Gasteiger partial charge in [-0.1, -0.05) is 0 Å². The van der Waals surface area contributed by atoms with Gasteiger partial charge in [-0.05, 0) is 0 Å². The Morgan fingerprint density at radius 3 is 0.985 bits per heavy atom. The number of allylic oxidation sites excluding steroid dienone is 18. The normalized spacial score (nSPS) is 19.4. The number of rotatable bonds is 14. The van der Waals surface area contributed by atoms with Gasteiger partial charge in [-0.15, -0.1) is 0 Å². The van der Waals surface area contributed by atoms with Gasteiger partial charge in [0.05, 0.1) is 0 Å². The Balaban J connectivity index is 0.000000280. The summed E-state index contributed by atoms with van der Waals surface area (Å²) in [6.07, 6.45) is 48.5. The van der Waals surface area contributed by atoms with Crippen LogP contribution in [0.15, 0.2) is 301 Å². The molecule has 12 aliphatic rings. The van der Waals surface area contributed by atoms with Gasteiger partial charge in [0, 0.05) is 0 Å². The van der Waals surface area contributed by atoms with Gasteiger partial charge in [0.25, 0.3) is 0 Å². The molecule has 0 aromatic heterocycles. The minimum Gasteiger partial charge on any atom is -1.00 e. The molecule has 0 radical (unpaired) electrons. The van der Waals surface area contributed by atoms with Gasteiger partial charge in [-0.2, -0.15) is 0 Å². The Kier molecular flexibility index (Phi) is 50.9. The van der Waals surface area contributed by atoms with E-state index < -0.39 is 139 Å². The van der Waals surface area contributed by atoms with Crippen LogP contribution >= 0.6 is 0 Å². The van der Waals surface area contributed by atoms with E-state index in [1.54, 1.807) is 87.8 Å². The molecule has 12 aliphatic carbocycles. The summed E-state index contributed by atoms with van der Waals surface area (Å²) < 4.78 is 12.9. The topological polar surface area (TPSA) is 0 Å². The first-order valence-corrected chi connectivity index (χ1v) is 60.8. The minimum absolute atomic E-state index is 0. The number of fused-ring (bicyclic) bond motifs is 10. The van der Waals surface area contributed by atoms with Crippen molar-refractivity contribution >= 4 is 60.8 Å². The summed E-state index contributed by atoms with van der Waals surface area (Å²) in [5, 5.41) is 0. The van der Waals surface area contributed by atoms with Crippen LogP contribution in [0.2, 0.25) is 0 Å². The Morgan fingerprint density at radius 2 is 0.597 bits per heavy atom. The average Bonchev–Trinajstić information content (AvgIpc) is 1.54. The first-order chi connectivity index (χ1) is 59.4. The van der Waals surface area contributed by atoms with Crippen molar-refractivity contribution in [2.75, 3.05) is 0 Å². The maximum Gasteiger partial charge on any atom is -1.00 e. The Morgan fingerprint density at radius 1 is 0.269 bits per heavy atom. The van der Waals surface area contributed by atoms with E-state index in [9.17, 15) is 0 Å². The van der Waals surface area contributed by atoms with E-state index in [0.717, 1.165) is 21.8 Å². The van der Waals surface area contributed by atoms with Crippen LogP contribution in [0.5, 0.6) is 0 Å². The Labute approximate surface area is 945 Å². The molecule has 0 nitrogen and oxygen atoms in total. The molecule has 10 unspecified atom stereocenters. The monoisotopic (exact) mass is 2460 g/mol. The average molecular weight is 2480 g/mol. The van der Waals surface area contributed by atoms with Crippen LogP contribution in [-0.4, -0.2) is 0 Å². The second-order valence-corrected chi connectivity index (χ2v) is 56.9. The zero-order chi connectivity index (χ0) is 84.4. The number of benzene rings is 10. The number of hydrogen-bond donors (Lipinski definition) is 0. The van der Waals surface area contributed by atoms with Crippen LogP contribution in [0, 0.1) is 41.5 Å². The molecule has 22 rings (SSSR count). The van der Waals surface area contributed by atoms with Gasteiger partial charge in [-0.25, -0.2) is 0 Å². The summed E-state index contributed by atoms with van der Waals surface area (Å²) in [7, 11) is 0. The molecule has 0 bridgehead atoms. The first kappa shape index (κ1) is 122. The van der Waals surface area contributed by atoms with Gasteiger partial charge in [-0.3, -0.25) is 0 Å². The van der Waals surface area contributed by atoms with Crippen molar-refractivity contribution in [3.05, 3.63) is 446 Å². The predicted molar refractivity (Wildman–Crippen MR) is 500 cm³/mol. The van der Waals surface area contributed by atoms with Gasteiger partial charge in [0.2, 0.25) is 0 Å². The van der Waals surface area contributed by atoms with E-state index >= 15 is 0 Å². The Bertz CT molecular complexity index is 5940. The van der Waals surface area contributed by atoms with Crippen molar-refractivity contribution in [3.8, 4) is 0 Å². The molecule has 684 valence electrons. The van der Waals surface area contributed by atoms with E-state index in [2.05, 4.69) is 413 Å². The van der Waals surface area contributed by atoms with E-state index in [-0.39, 0.29) is 149 Å². The third kappa shape index (κ3) is 26.9. The fourth-order valence-corrected chi connectivity index (χ4v) is 45.9. The van der Waals surface area contributed by atoms with Crippen molar-refractivity contribution in [1.29, 1.82) is 0 Å². The summed E-state index contributed by atoms with van der Waals surface area (Å²) in [4.78, 5) is 0. The van der Waals surface area contributed by atoms with Crippen molar-refractivity contribution in [2.24, 2.45) is 0 Å². The molecule has 0 aliphatic heterocycles. The van der Waals surface area contributed by atoms with Crippen molar-refractivity contribution < 1.29 is 288 Å². The molecular formula is C116H112Cl12Zr6. The van der Waals surface area contributed by atoms with Gasteiger partial charge < -0.3 is 149 Å². The number of aryl methyl sites for hydroxylation is 6.